The van der Waals surface area contributed by atoms with Crippen molar-refractivity contribution in [2.45, 2.75) is 9.79 Å². The maximum Gasteiger partial charge on any atom is 0.338 e. The van der Waals surface area contributed by atoms with Gasteiger partial charge in [0.25, 0.3) is 0 Å². The van der Waals surface area contributed by atoms with Crippen molar-refractivity contribution in [1.29, 1.82) is 0 Å². The number of pyridine rings is 1. The molecule has 0 aliphatic rings. The van der Waals surface area contributed by atoms with Gasteiger partial charge in [-0.1, -0.05) is 11.8 Å². The monoisotopic (exact) mass is 264 g/mol. The molecule has 0 unspecified atom stereocenters. The Morgan fingerprint density at radius 2 is 2.00 bits per heavy atom. The molecule has 1 heterocycles. The second-order valence-electron chi connectivity index (χ2n) is 3.46. The van der Waals surface area contributed by atoms with Crippen LogP contribution < -0.4 is 5.73 Å². The van der Waals surface area contributed by atoms with Crippen LogP contribution in [0.5, 0.6) is 0 Å². The molecule has 0 saturated heterocycles. The van der Waals surface area contributed by atoms with E-state index in [-0.39, 0.29) is 5.69 Å². The van der Waals surface area contributed by atoms with E-state index < -0.39 is 17.3 Å². The van der Waals surface area contributed by atoms with Crippen molar-refractivity contribution in [2.24, 2.45) is 0 Å². The molecule has 0 radical (unpaired) electrons. The molecular weight excluding hydrogens is 255 g/mol. The summed E-state index contributed by atoms with van der Waals surface area (Å²) in [7, 11) is 0. The Morgan fingerprint density at radius 1 is 1.33 bits per heavy atom. The molecule has 2 aromatic rings. The first kappa shape index (κ1) is 12.4. The Hall–Kier alpha value is -2.08. The Bertz CT molecular complexity index is 590. The van der Waals surface area contributed by atoms with Gasteiger partial charge in [0.15, 0.2) is 0 Å². The van der Waals surface area contributed by atoms with Crippen LogP contribution >= 0.6 is 11.8 Å². The predicted molar refractivity (Wildman–Crippen MR) is 66.1 cm³/mol. The van der Waals surface area contributed by atoms with Gasteiger partial charge < -0.3 is 10.8 Å². The van der Waals surface area contributed by atoms with Gasteiger partial charge in [-0.2, -0.15) is 0 Å². The topological polar surface area (TPSA) is 76.2 Å². The lowest BCUT2D eigenvalue weighted by Crippen LogP contribution is -2.03. The van der Waals surface area contributed by atoms with Crippen LogP contribution in [0.4, 0.5) is 10.1 Å². The van der Waals surface area contributed by atoms with Crippen molar-refractivity contribution in [3.63, 3.8) is 0 Å². The SMILES string of the molecule is Nc1cc(C(=O)O)c(F)cc1Sc1ccncc1. The molecule has 0 fully saturated rings. The summed E-state index contributed by atoms with van der Waals surface area (Å²) in [6, 6.07) is 5.77. The van der Waals surface area contributed by atoms with E-state index >= 15 is 0 Å². The van der Waals surface area contributed by atoms with Gasteiger partial charge in [0, 0.05) is 27.9 Å². The number of aromatic nitrogens is 1. The number of hydrogen-bond acceptors (Lipinski definition) is 4. The van der Waals surface area contributed by atoms with Gasteiger partial charge in [-0.05, 0) is 24.3 Å². The van der Waals surface area contributed by atoms with Gasteiger partial charge in [0.2, 0.25) is 0 Å². The van der Waals surface area contributed by atoms with Crippen LogP contribution in [-0.2, 0) is 0 Å². The highest BCUT2D eigenvalue weighted by Gasteiger charge is 2.14. The van der Waals surface area contributed by atoms with Gasteiger partial charge in [0.1, 0.15) is 5.82 Å². The van der Waals surface area contributed by atoms with E-state index in [1.807, 2.05) is 0 Å². The van der Waals surface area contributed by atoms with Gasteiger partial charge >= 0.3 is 5.97 Å². The number of rotatable bonds is 3. The normalized spacial score (nSPS) is 10.3. The summed E-state index contributed by atoms with van der Waals surface area (Å²) in [5.74, 6) is -2.13. The molecule has 0 bridgehead atoms. The van der Waals surface area contributed by atoms with E-state index in [1.165, 1.54) is 11.8 Å². The Kier molecular flexibility index (Phi) is 3.47. The van der Waals surface area contributed by atoms with E-state index in [1.54, 1.807) is 24.5 Å². The van der Waals surface area contributed by atoms with Crippen LogP contribution in [0.1, 0.15) is 10.4 Å². The lowest BCUT2D eigenvalue weighted by molar-refractivity contribution is 0.0692. The molecule has 0 spiro atoms. The van der Waals surface area contributed by atoms with E-state index in [4.69, 9.17) is 10.8 Å². The van der Waals surface area contributed by atoms with Gasteiger partial charge in [-0.15, -0.1) is 0 Å². The van der Waals surface area contributed by atoms with E-state index in [0.29, 0.717) is 4.90 Å². The van der Waals surface area contributed by atoms with Crippen molar-refractivity contribution in [1.82, 2.24) is 4.98 Å². The lowest BCUT2D eigenvalue weighted by Gasteiger charge is -2.07. The smallest absolute Gasteiger partial charge is 0.338 e. The largest absolute Gasteiger partial charge is 0.478 e. The zero-order chi connectivity index (χ0) is 13.1. The van der Waals surface area contributed by atoms with Crippen LogP contribution in [0.15, 0.2) is 46.5 Å². The number of nitrogens with zero attached hydrogens (tertiary/aromatic N) is 1. The molecule has 0 atom stereocenters. The minimum absolute atomic E-state index is 0.232. The quantitative estimate of drug-likeness (QED) is 0.833. The molecule has 0 aliphatic heterocycles. The third kappa shape index (κ3) is 2.60. The molecule has 1 aromatic carbocycles. The fraction of sp³-hybridized carbons (Fsp3) is 0. The second-order valence-corrected chi connectivity index (χ2v) is 4.58. The fourth-order valence-electron chi connectivity index (χ4n) is 1.36. The third-order valence-electron chi connectivity index (χ3n) is 2.21. The zero-order valence-corrected chi connectivity index (χ0v) is 9.95. The maximum absolute atomic E-state index is 13.5. The molecule has 0 aliphatic carbocycles. The molecular formula is C12H9FN2O2S. The average molecular weight is 264 g/mol. The van der Waals surface area contributed by atoms with Crippen LogP contribution in [0.25, 0.3) is 0 Å². The maximum atomic E-state index is 13.5. The van der Waals surface area contributed by atoms with Crippen molar-refractivity contribution in [3.05, 3.63) is 48.0 Å². The molecule has 6 heteroatoms. The summed E-state index contributed by atoms with van der Waals surface area (Å²) in [4.78, 5) is 15.9. The summed E-state index contributed by atoms with van der Waals surface area (Å²) in [6.45, 7) is 0. The summed E-state index contributed by atoms with van der Waals surface area (Å²) in [5.41, 5.74) is 5.52. The summed E-state index contributed by atoms with van der Waals surface area (Å²) in [5, 5.41) is 8.76. The minimum Gasteiger partial charge on any atom is -0.478 e. The predicted octanol–water partition coefficient (Wildman–Crippen LogP) is 2.65. The molecule has 0 amide bonds. The molecule has 92 valence electrons. The number of nitrogens with two attached hydrogens (primary N) is 1. The van der Waals surface area contributed by atoms with Gasteiger partial charge in [0.05, 0.1) is 5.56 Å². The number of nitrogen functional groups attached to an aromatic ring is 1. The molecule has 1 aromatic heterocycles. The number of anilines is 1. The first-order valence-corrected chi connectivity index (χ1v) is 5.80. The van der Waals surface area contributed by atoms with Crippen LogP contribution in [0.3, 0.4) is 0 Å². The molecule has 0 saturated carbocycles. The van der Waals surface area contributed by atoms with E-state index in [9.17, 15) is 9.18 Å². The second kappa shape index (κ2) is 5.05. The van der Waals surface area contributed by atoms with Crippen molar-refractivity contribution < 1.29 is 14.3 Å². The molecule has 2 rings (SSSR count). The highest BCUT2D eigenvalue weighted by atomic mass is 32.2. The van der Waals surface area contributed by atoms with E-state index in [2.05, 4.69) is 4.98 Å². The number of benzene rings is 1. The molecule has 3 N–H and O–H groups in total. The van der Waals surface area contributed by atoms with E-state index in [0.717, 1.165) is 17.0 Å². The first-order chi connectivity index (χ1) is 8.58. The molecule has 18 heavy (non-hydrogen) atoms. The summed E-state index contributed by atoms with van der Waals surface area (Å²) in [6.07, 6.45) is 3.22. The number of carboxylic acids is 1. The minimum atomic E-state index is -1.33. The number of carbonyl (C=O) groups is 1. The molecule has 4 nitrogen and oxygen atoms in total. The highest BCUT2D eigenvalue weighted by Crippen LogP contribution is 2.33. The van der Waals surface area contributed by atoms with Crippen LogP contribution in [0.2, 0.25) is 0 Å². The van der Waals surface area contributed by atoms with Crippen molar-refractivity contribution in [3.8, 4) is 0 Å². The number of carboxylic acid groups (broad SMARTS) is 1. The average Bonchev–Trinajstić information content (AvgIpc) is 2.34. The third-order valence-corrected chi connectivity index (χ3v) is 3.29. The fourth-order valence-corrected chi connectivity index (χ4v) is 2.21. The summed E-state index contributed by atoms with van der Waals surface area (Å²) < 4.78 is 13.5. The number of halogens is 1. The van der Waals surface area contributed by atoms with Crippen LogP contribution in [-0.4, -0.2) is 16.1 Å². The zero-order valence-electron chi connectivity index (χ0n) is 9.13. The van der Waals surface area contributed by atoms with Crippen molar-refractivity contribution >= 4 is 23.4 Å². The number of aromatic carboxylic acids is 1. The Labute approximate surface area is 107 Å². The Balaban J connectivity index is 2.35. The highest BCUT2D eigenvalue weighted by molar-refractivity contribution is 7.99. The first-order valence-electron chi connectivity index (χ1n) is 4.98. The van der Waals surface area contributed by atoms with Crippen LogP contribution in [0, 0.1) is 5.82 Å². The van der Waals surface area contributed by atoms with Gasteiger partial charge in [-0.3, -0.25) is 4.98 Å². The Morgan fingerprint density at radius 3 is 2.61 bits per heavy atom. The number of hydrogen-bond donors (Lipinski definition) is 2. The standard InChI is InChI=1S/C12H9FN2O2S/c13-9-6-11(10(14)5-8(9)12(16)17)18-7-1-3-15-4-2-7/h1-6H,14H2,(H,16,17). The lowest BCUT2D eigenvalue weighted by atomic mass is 10.2. The summed E-state index contributed by atoms with van der Waals surface area (Å²) >= 11 is 1.25. The van der Waals surface area contributed by atoms with Crippen molar-refractivity contribution in [2.75, 3.05) is 5.73 Å². The van der Waals surface area contributed by atoms with Gasteiger partial charge in [-0.25, -0.2) is 9.18 Å².